The summed E-state index contributed by atoms with van der Waals surface area (Å²) < 4.78 is 10.1. The van der Waals surface area contributed by atoms with Crippen molar-refractivity contribution >= 4 is 5.82 Å². The topological polar surface area (TPSA) is 95.2 Å². The Morgan fingerprint density at radius 2 is 2.10 bits per heavy atom. The molecule has 0 radical (unpaired) electrons. The number of nitrogens with zero attached hydrogens (tertiary/aromatic N) is 3. The molecule has 0 aliphatic heterocycles. The summed E-state index contributed by atoms with van der Waals surface area (Å²) in [5.41, 5.74) is 4.29. The minimum Gasteiger partial charge on any atom is -0.481 e. The standard InChI is InChI=1S/C13H17N5O2/c1-19-8-10-6-12(18-14)17-11(16-10)5-9-3-4-13(20-2)15-7-9/h3-4,6-7H,5,8,14H2,1-2H3,(H,16,17,18). The Hall–Kier alpha value is -2.25. The molecular formula is C13H17N5O2. The van der Waals surface area contributed by atoms with Gasteiger partial charge in [-0.3, -0.25) is 0 Å². The molecule has 0 fully saturated rings. The van der Waals surface area contributed by atoms with Gasteiger partial charge in [0.2, 0.25) is 5.88 Å². The number of methoxy groups -OCH3 is 2. The number of anilines is 1. The van der Waals surface area contributed by atoms with Crippen LogP contribution in [-0.4, -0.2) is 29.2 Å². The molecule has 0 saturated heterocycles. The van der Waals surface area contributed by atoms with Gasteiger partial charge in [0.15, 0.2) is 0 Å². The second-order valence-electron chi connectivity index (χ2n) is 4.12. The molecule has 106 valence electrons. The molecule has 2 aromatic heterocycles. The van der Waals surface area contributed by atoms with Gasteiger partial charge >= 0.3 is 0 Å². The first-order valence-electron chi connectivity index (χ1n) is 6.06. The van der Waals surface area contributed by atoms with E-state index in [2.05, 4.69) is 20.4 Å². The molecule has 0 aromatic carbocycles. The summed E-state index contributed by atoms with van der Waals surface area (Å²) in [4.78, 5) is 12.9. The average Bonchev–Trinajstić information content (AvgIpc) is 2.48. The van der Waals surface area contributed by atoms with E-state index in [1.165, 1.54) is 0 Å². The fraction of sp³-hybridized carbons (Fsp3) is 0.308. The van der Waals surface area contributed by atoms with Gasteiger partial charge in [-0.25, -0.2) is 20.8 Å². The van der Waals surface area contributed by atoms with E-state index in [0.29, 0.717) is 30.5 Å². The van der Waals surface area contributed by atoms with Gasteiger partial charge in [0, 0.05) is 31.9 Å². The molecule has 0 amide bonds. The van der Waals surface area contributed by atoms with E-state index < -0.39 is 0 Å². The molecule has 0 saturated carbocycles. The van der Waals surface area contributed by atoms with Gasteiger partial charge in [-0.1, -0.05) is 6.07 Å². The summed E-state index contributed by atoms with van der Waals surface area (Å²) in [5.74, 6) is 7.19. The predicted octanol–water partition coefficient (Wildman–Crippen LogP) is 0.903. The molecule has 20 heavy (non-hydrogen) atoms. The molecule has 0 aliphatic carbocycles. The minimum atomic E-state index is 0.408. The smallest absolute Gasteiger partial charge is 0.212 e. The first-order chi connectivity index (χ1) is 9.75. The second kappa shape index (κ2) is 6.78. The van der Waals surface area contributed by atoms with E-state index in [9.17, 15) is 0 Å². The number of hydrogen-bond donors (Lipinski definition) is 2. The maximum atomic E-state index is 5.41. The van der Waals surface area contributed by atoms with Crippen LogP contribution in [0.2, 0.25) is 0 Å². The molecule has 0 aliphatic rings. The van der Waals surface area contributed by atoms with Gasteiger partial charge in [-0.15, -0.1) is 0 Å². The lowest BCUT2D eigenvalue weighted by Gasteiger charge is -2.07. The molecule has 0 unspecified atom stereocenters. The lowest BCUT2D eigenvalue weighted by Crippen LogP contribution is -2.12. The Kier molecular flexibility index (Phi) is 4.80. The molecule has 0 atom stereocenters. The van der Waals surface area contributed by atoms with E-state index in [-0.39, 0.29) is 0 Å². The number of nitrogen functional groups attached to an aromatic ring is 1. The quantitative estimate of drug-likeness (QED) is 0.597. The Bertz CT molecular complexity index is 559. The third-order valence-corrected chi connectivity index (χ3v) is 2.63. The van der Waals surface area contributed by atoms with E-state index in [4.69, 9.17) is 15.3 Å². The van der Waals surface area contributed by atoms with Crippen molar-refractivity contribution in [2.45, 2.75) is 13.0 Å². The Morgan fingerprint density at radius 3 is 2.70 bits per heavy atom. The first kappa shape index (κ1) is 14.2. The third kappa shape index (κ3) is 3.62. The first-order valence-corrected chi connectivity index (χ1v) is 6.06. The van der Waals surface area contributed by atoms with E-state index in [1.807, 2.05) is 6.07 Å². The number of rotatable bonds is 6. The Balaban J connectivity index is 2.20. The lowest BCUT2D eigenvalue weighted by atomic mass is 10.2. The number of hydrazine groups is 1. The van der Waals surface area contributed by atoms with Crippen LogP contribution in [0.25, 0.3) is 0 Å². The van der Waals surface area contributed by atoms with Crippen LogP contribution in [0, 0.1) is 0 Å². The van der Waals surface area contributed by atoms with Gasteiger partial charge in [-0.05, 0) is 5.56 Å². The molecule has 2 heterocycles. The fourth-order valence-corrected chi connectivity index (χ4v) is 1.75. The highest BCUT2D eigenvalue weighted by molar-refractivity contribution is 5.35. The summed E-state index contributed by atoms with van der Waals surface area (Å²) in [7, 11) is 3.20. The molecule has 0 spiro atoms. The summed E-state index contributed by atoms with van der Waals surface area (Å²) >= 11 is 0. The molecule has 2 rings (SSSR count). The van der Waals surface area contributed by atoms with Crippen LogP contribution in [0.4, 0.5) is 5.82 Å². The Morgan fingerprint density at radius 1 is 1.25 bits per heavy atom. The summed E-state index contributed by atoms with van der Waals surface area (Å²) in [5, 5.41) is 0. The number of nitrogens with one attached hydrogen (secondary N) is 1. The van der Waals surface area contributed by atoms with Gasteiger partial charge < -0.3 is 14.9 Å². The highest BCUT2D eigenvalue weighted by Gasteiger charge is 2.06. The van der Waals surface area contributed by atoms with E-state index in [1.54, 1.807) is 32.5 Å². The number of aromatic nitrogens is 3. The third-order valence-electron chi connectivity index (χ3n) is 2.63. The molecular weight excluding hydrogens is 258 g/mol. The van der Waals surface area contributed by atoms with Crippen LogP contribution in [0.1, 0.15) is 17.1 Å². The van der Waals surface area contributed by atoms with Crippen molar-refractivity contribution in [2.75, 3.05) is 19.6 Å². The van der Waals surface area contributed by atoms with Crippen molar-refractivity contribution < 1.29 is 9.47 Å². The van der Waals surface area contributed by atoms with Crippen LogP contribution in [0.15, 0.2) is 24.4 Å². The molecule has 7 nitrogen and oxygen atoms in total. The SMILES string of the molecule is COCc1cc(NN)nc(Cc2ccc(OC)nc2)n1. The van der Waals surface area contributed by atoms with Gasteiger partial charge in [0.1, 0.15) is 11.6 Å². The van der Waals surface area contributed by atoms with Crippen molar-refractivity contribution in [2.24, 2.45) is 5.84 Å². The molecule has 0 bridgehead atoms. The lowest BCUT2D eigenvalue weighted by molar-refractivity contribution is 0.181. The number of hydrogen-bond acceptors (Lipinski definition) is 7. The van der Waals surface area contributed by atoms with Crippen LogP contribution in [-0.2, 0) is 17.8 Å². The van der Waals surface area contributed by atoms with Crippen molar-refractivity contribution in [3.05, 3.63) is 41.5 Å². The zero-order chi connectivity index (χ0) is 14.4. The van der Waals surface area contributed by atoms with Crippen LogP contribution in [0.5, 0.6) is 5.88 Å². The summed E-state index contributed by atoms with van der Waals surface area (Å²) in [6.45, 7) is 0.408. The maximum absolute atomic E-state index is 5.41. The zero-order valence-electron chi connectivity index (χ0n) is 11.5. The van der Waals surface area contributed by atoms with Crippen LogP contribution < -0.4 is 16.0 Å². The van der Waals surface area contributed by atoms with Gasteiger partial charge in [0.25, 0.3) is 0 Å². The van der Waals surface area contributed by atoms with Gasteiger partial charge in [0.05, 0.1) is 19.4 Å². The maximum Gasteiger partial charge on any atom is 0.212 e. The number of pyridine rings is 1. The fourth-order valence-electron chi connectivity index (χ4n) is 1.75. The van der Waals surface area contributed by atoms with Crippen molar-refractivity contribution in [3.63, 3.8) is 0 Å². The van der Waals surface area contributed by atoms with Crippen molar-refractivity contribution in [1.29, 1.82) is 0 Å². The monoisotopic (exact) mass is 275 g/mol. The molecule has 3 N–H and O–H groups in total. The molecule has 7 heteroatoms. The highest BCUT2D eigenvalue weighted by atomic mass is 16.5. The van der Waals surface area contributed by atoms with Gasteiger partial charge in [-0.2, -0.15) is 0 Å². The second-order valence-corrected chi connectivity index (χ2v) is 4.12. The predicted molar refractivity (Wildman–Crippen MR) is 74.2 cm³/mol. The Labute approximate surface area is 117 Å². The van der Waals surface area contributed by atoms with E-state index >= 15 is 0 Å². The molecule has 2 aromatic rings. The number of nitrogens with two attached hydrogens (primary N) is 1. The van der Waals surface area contributed by atoms with Crippen molar-refractivity contribution in [1.82, 2.24) is 15.0 Å². The van der Waals surface area contributed by atoms with Crippen LogP contribution in [0.3, 0.4) is 0 Å². The largest absolute Gasteiger partial charge is 0.481 e. The normalized spacial score (nSPS) is 10.3. The highest BCUT2D eigenvalue weighted by Crippen LogP contribution is 2.12. The summed E-state index contributed by atoms with van der Waals surface area (Å²) in [6.07, 6.45) is 2.30. The zero-order valence-corrected chi connectivity index (χ0v) is 11.5. The van der Waals surface area contributed by atoms with E-state index in [0.717, 1.165) is 11.3 Å². The number of ether oxygens (including phenoxy) is 2. The summed E-state index contributed by atoms with van der Waals surface area (Å²) in [6, 6.07) is 5.48. The minimum absolute atomic E-state index is 0.408. The van der Waals surface area contributed by atoms with Crippen LogP contribution >= 0.6 is 0 Å². The average molecular weight is 275 g/mol. The van der Waals surface area contributed by atoms with Crippen molar-refractivity contribution in [3.8, 4) is 5.88 Å².